The molecule has 0 aliphatic heterocycles. The van der Waals surface area contributed by atoms with Crippen molar-refractivity contribution in [3.63, 3.8) is 0 Å². The lowest BCUT2D eigenvalue weighted by atomic mass is 10.4. The van der Waals surface area contributed by atoms with Crippen molar-refractivity contribution >= 4 is 31.6 Å². The van der Waals surface area contributed by atoms with E-state index in [2.05, 4.69) is 5.32 Å². The summed E-state index contributed by atoms with van der Waals surface area (Å²) in [6.45, 7) is 9.47. The first-order valence-corrected chi connectivity index (χ1v) is 18.4. The average Bonchev–Trinajstić information content (AvgIpc) is 2.94. The molecule has 1 aromatic rings. The maximum Gasteiger partial charge on any atom is 0.537 e. The molecule has 0 amide bonds. The molecule has 0 saturated carbocycles. The van der Waals surface area contributed by atoms with Crippen molar-refractivity contribution < 1.29 is 39.8 Å². The normalized spacial score (nSPS) is 12.4. The Morgan fingerprint density at radius 2 is 0.919 bits per heavy atom. The van der Waals surface area contributed by atoms with Gasteiger partial charge in [-0.15, -0.1) is 0 Å². The molecule has 0 saturated heterocycles. The van der Waals surface area contributed by atoms with Gasteiger partial charge in [0.25, 0.3) is 0 Å². The van der Waals surface area contributed by atoms with Crippen molar-refractivity contribution in [3.05, 3.63) is 30.3 Å². The van der Waals surface area contributed by atoms with Crippen molar-refractivity contribution in [3.8, 4) is 0 Å². The van der Waals surface area contributed by atoms with Crippen molar-refractivity contribution in [2.24, 2.45) is 0 Å². The molecule has 0 heterocycles. The number of benzene rings is 1. The van der Waals surface area contributed by atoms with E-state index in [1.54, 1.807) is 42.7 Å². The number of rotatable bonds is 21. The van der Waals surface area contributed by atoms with E-state index in [1.165, 1.54) is 0 Å². The molecule has 218 valence electrons. The first-order valence-electron chi connectivity index (χ1n) is 12.8. The van der Waals surface area contributed by atoms with E-state index in [9.17, 15) is 0 Å². The molecule has 0 spiro atoms. The smallest absolute Gasteiger partial charge is 0.377 e. The van der Waals surface area contributed by atoms with E-state index < -0.39 is 26.4 Å². The van der Waals surface area contributed by atoms with E-state index in [-0.39, 0.29) is 0 Å². The molecule has 0 aromatic heterocycles. The fraction of sp³-hybridized carbons (Fsp3) is 0.750. The summed E-state index contributed by atoms with van der Waals surface area (Å²) in [6.07, 6.45) is 1.90. The molecule has 0 unspecified atom stereocenters. The van der Waals surface area contributed by atoms with Crippen LogP contribution in [0.4, 0.5) is 0 Å². The van der Waals surface area contributed by atoms with E-state index in [4.69, 9.17) is 39.8 Å². The molecule has 37 heavy (non-hydrogen) atoms. The average molecular weight is 582 g/mol. The van der Waals surface area contributed by atoms with Gasteiger partial charge in [0.05, 0.1) is 0 Å². The van der Waals surface area contributed by atoms with Crippen molar-refractivity contribution in [1.82, 2.24) is 5.32 Å². The van der Waals surface area contributed by atoms with Crippen LogP contribution in [-0.4, -0.2) is 102 Å². The molecule has 10 nitrogen and oxygen atoms in total. The molecule has 0 bridgehead atoms. The Labute approximate surface area is 228 Å². The summed E-state index contributed by atoms with van der Waals surface area (Å²) in [5.74, 6) is 0. The van der Waals surface area contributed by atoms with Crippen molar-refractivity contribution in [1.29, 1.82) is 0 Å². The van der Waals surface area contributed by atoms with Crippen LogP contribution in [0.2, 0.25) is 12.1 Å². The van der Waals surface area contributed by atoms with Gasteiger partial charge in [0.1, 0.15) is 0 Å². The highest BCUT2D eigenvalue weighted by atomic mass is 28.4. The Kier molecular flexibility index (Phi) is 21.0. The highest BCUT2D eigenvalue weighted by Gasteiger charge is 2.43. The van der Waals surface area contributed by atoms with Gasteiger partial charge in [0.2, 0.25) is 0 Å². The largest absolute Gasteiger partial charge is 0.537 e. The highest BCUT2D eigenvalue weighted by molar-refractivity contribution is 6.75. The minimum Gasteiger partial charge on any atom is -0.377 e. The standard InChI is InChI=1S/C12H31NO6Si2.C12H20O3Si/c1-14-20(15-2,16-3)11-7-9-13-10-8-12-21(17-4,18-5)19-6;1-4-13-16(14-5-2,15-6-3)12-10-8-7-9-11-12/h13H,7-12H2,1-6H3;7-11H,4-6H2,1-3H3. The fourth-order valence-electron chi connectivity index (χ4n) is 3.68. The van der Waals surface area contributed by atoms with Crippen molar-refractivity contribution in [2.75, 3.05) is 75.6 Å². The molecule has 1 N–H and O–H groups in total. The van der Waals surface area contributed by atoms with Gasteiger partial charge in [-0.1, -0.05) is 30.3 Å². The number of hydrogen-bond acceptors (Lipinski definition) is 10. The number of nitrogens with one attached hydrogen (secondary N) is 1. The summed E-state index contributed by atoms with van der Waals surface area (Å²) in [5, 5.41) is 4.41. The summed E-state index contributed by atoms with van der Waals surface area (Å²) in [5.41, 5.74) is 0. The molecular formula is C24H51NO9Si3. The van der Waals surface area contributed by atoms with Crippen LogP contribution in [-0.2, 0) is 39.8 Å². The van der Waals surface area contributed by atoms with Crippen LogP contribution in [0.5, 0.6) is 0 Å². The predicted octanol–water partition coefficient (Wildman–Crippen LogP) is 3.05. The van der Waals surface area contributed by atoms with Crippen molar-refractivity contribution in [2.45, 2.75) is 45.7 Å². The first-order chi connectivity index (χ1) is 17.9. The van der Waals surface area contributed by atoms with Gasteiger partial charge >= 0.3 is 26.4 Å². The van der Waals surface area contributed by atoms with Crippen LogP contribution >= 0.6 is 0 Å². The van der Waals surface area contributed by atoms with Crippen LogP contribution in [0, 0.1) is 0 Å². The zero-order valence-corrected chi connectivity index (χ0v) is 27.4. The summed E-state index contributed by atoms with van der Waals surface area (Å²) in [4.78, 5) is 0. The minimum atomic E-state index is -2.67. The van der Waals surface area contributed by atoms with E-state index in [0.717, 1.165) is 43.2 Å². The van der Waals surface area contributed by atoms with Crippen LogP contribution in [0.1, 0.15) is 33.6 Å². The lowest BCUT2D eigenvalue weighted by Crippen LogP contribution is -2.56. The third-order valence-corrected chi connectivity index (χ3v) is 14.4. The summed E-state index contributed by atoms with van der Waals surface area (Å²) in [6, 6.07) is 11.6. The quantitative estimate of drug-likeness (QED) is 0.172. The molecular weight excluding hydrogens is 531 g/mol. The van der Waals surface area contributed by atoms with Gasteiger partial charge in [-0.25, -0.2) is 0 Å². The molecule has 0 aliphatic carbocycles. The lowest BCUT2D eigenvalue weighted by Gasteiger charge is -2.28. The topological polar surface area (TPSA) is 95.1 Å². The van der Waals surface area contributed by atoms with Gasteiger partial charge in [0, 0.05) is 79.8 Å². The number of hydrogen-bond donors (Lipinski definition) is 1. The molecule has 1 rings (SSSR count). The van der Waals surface area contributed by atoms with Gasteiger partial charge in [-0.3, -0.25) is 0 Å². The van der Waals surface area contributed by atoms with Crippen LogP contribution in [0.3, 0.4) is 0 Å². The van der Waals surface area contributed by atoms with Gasteiger partial charge in [0.15, 0.2) is 0 Å². The maximum atomic E-state index is 5.79. The van der Waals surface area contributed by atoms with Crippen LogP contribution in [0.25, 0.3) is 0 Å². The first kappa shape index (κ1) is 36.5. The second-order valence-corrected chi connectivity index (χ2v) is 16.5. The summed E-state index contributed by atoms with van der Waals surface area (Å²) in [7, 11) is 2.29. The molecule has 0 radical (unpaired) electrons. The third kappa shape index (κ3) is 12.9. The van der Waals surface area contributed by atoms with Crippen LogP contribution < -0.4 is 10.5 Å². The van der Waals surface area contributed by atoms with E-state index in [0.29, 0.717) is 19.8 Å². The van der Waals surface area contributed by atoms with Gasteiger partial charge in [-0.2, -0.15) is 0 Å². The summed E-state index contributed by atoms with van der Waals surface area (Å²) >= 11 is 0. The third-order valence-electron chi connectivity index (χ3n) is 5.67. The second-order valence-electron chi connectivity index (χ2n) is 7.77. The molecule has 0 fully saturated rings. The summed E-state index contributed by atoms with van der Waals surface area (Å²) < 4.78 is 49.6. The van der Waals surface area contributed by atoms with E-state index in [1.807, 2.05) is 51.1 Å². The monoisotopic (exact) mass is 581 g/mol. The second kappa shape index (κ2) is 21.3. The SMILES string of the molecule is CCO[Si](OCC)(OCC)c1ccccc1.CO[Si](CCCNCCC[Si](OC)(OC)OC)(OC)OC. The molecule has 13 heteroatoms. The fourth-order valence-corrected chi connectivity index (χ4v) is 9.62. The molecule has 1 aromatic carbocycles. The van der Waals surface area contributed by atoms with E-state index >= 15 is 0 Å². The lowest BCUT2D eigenvalue weighted by molar-refractivity contribution is 0.0859. The maximum absolute atomic E-state index is 5.79. The van der Waals surface area contributed by atoms with Gasteiger partial charge in [-0.05, 0) is 46.7 Å². The Hall–Kier alpha value is -0.529. The Balaban J connectivity index is 0.000000724. The Morgan fingerprint density at radius 1 is 0.568 bits per heavy atom. The zero-order chi connectivity index (χ0) is 28.0. The van der Waals surface area contributed by atoms with Crippen LogP contribution in [0.15, 0.2) is 30.3 Å². The van der Waals surface area contributed by atoms with Gasteiger partial charge < -0.3 is 45.2 Å². The zero-order valence-electron chi connectivity index (χ0n) is 24.4. The molecule has 0 aliphatic rings. The minimum absolute atomic E-state index is 0.598. The molecule has 0 atom stereocenters. The predicted molar refractivity (Wildman–Crippen MR) is 152 cm³/mol. The highest BCUT2D eigenvalue weighted by Crippen LogP contribution is 2.16. The Morgan fingerprint density at radius 3 is 1.22 bits per heavy atom. The Bertz CT molecular complexity index is 596.